The van der Waals surface area contributed by atoms with Crippen LogP contribution in [0.3, 0.4) is 0 Å². The molecule has 0 radical (unpaired) electrons. The van der Waals surface area contributed by atoms with Crippen LogP contribution in [0.4, 0.5) is 22.7 Å². The molecule has 346 valence electrons. The molecule has 4 heteroatoms. The van der Waals surface area contributed by atoms with Gasteiger partial charge in [0.1, 0.15) is 12.5 Å². The van der Waals surface area contributed by atoms with Crippen molar-refractivity contribution in [3.63, 3.8) is 0 Å². The monoisotopic (exact) mass is 926 g/mol. The van der Waals surface area contributed by atoms with Crippen molar-refractivity contribution in [3.05, 3.63) is 264 Å². The normalized spacial score (nSPS) is 14.8. The molecule has 0 bridgehead atoms. The zero-order valence-corrected chi connectivity index (χ0v) is 41.4. The van der Waals surface area contributed by atoms with E-state index in [1.807, 2.05) is 6.20 Å². The third-order valence-electron chi connectivity index (χ3n) is 16.3. The Bertz CT molecular complexity index is 3950. The van der Waals surface area contributed by atoms with Crippen LogP contribution in [-0.4, -0.2) is 16.2 Å². The Morgan fingerprint density at radius 3 is 1.83 bits per heavy atom. The largest absolute Gasteiger partial charge is 0.321 e. The number of pyridine rings is 1. The summed E-state index contributed by atoms with van der Waals surface area (Å²) in [6.45, 7) is 12.2. The summed E-state index contributed by atoms with van der Waals surface area (Å²) in [5, 5.41) is 2.43. The van der Waals surface area contributed by atoms with Crippen LogP contribution in [0.25, 0.3) is 61.0 Å². The lowest BCUT2D eigenvalue weighted by Crippen LogP contribution is -2.29. The molecule has 0 amide bonds. The molecular formula is C68H54N4. The minimum absolute atomic E-state index is 0.0332. The lowest BCUT2D eigenvalue weighted by molar-refractivity contribution is 0.588. The van der Waals surface area contributed by atoms with Gasteiger partial charge in [-0.2, -0.15) is 0 Å². The number of hydrogen-bond acceptors (Lipinski definition) is 3. The van der Waals surface area contributed by atoms with Crippen LogP contribution in [0.2, 0.25) is 0 Å². The summed E-state index contributed by atoms with van der Waals surface area (Å²) in [6, 6.07) is 81.8. The summed E-state index contributed by atoms with van der Waals surface area (Å²) < 4.78 is 2.39. The molecule has 0 unspecified atom stereocenters. The van der Waals surface area contributed by atoms with E-state index in [9.17, 15) is 0 Å². The molecule has 72 heavy (non-hydrogen) atoms. The fourth-order valence-corrected chi connectivity index (χ4v) is 12.9. The van der Waals surface area contributed by atoms with Crippen LogP contribution in [0.5, 0.6) is 0 Å². The second-order valence-electron chi connectivity index (χ2n) is 21.5. The van der Waals surface area contributed by atoms with Gasteiger partial charge in [-0.15, -0.1) is 0 Å². The summed E-state index contributed by atoms with van der Waals surface area (Å²) in [5.41, 5.74) is 22.9. The van der Waals surface area contributed by atoms with Gasteiger partial charge in [-0.25, -0.2) is 4.98 Å². The number of hydrogen-bond donors (Lipinski definition) is 0. The molecule has 0 saturated heterocycles. The SMILES string of the molecule is CC(C)(C)c1ccnc(-n2c3ccccc3c3ccc(C4(c5cccc(N6CN(c7c(-c8ccccc8)ccc8c7-c7ccccc7C8(C)C)c7ccccc76)c5)c5ccccc5-c5ccccc54)cc32)c1. The van der Waals surface area contributed by atoms with Gasteiger partial charge in [0.25, 0.3) is 0 Å². The zero-order chi connectivity index (χ0) is 48.5. The molecule has 14 rings (SSSR count). The van der Waals surface area contributed by atoms with E-state index in [1.165, 1.54) is 100 Å². The fourth-order valence-electron chi connectivity index (χ4n) is 12.9. The third-order valence-corrected chi connectivity index (χ3v) is 16.3. The minimum atomic E-state index is -0.645. The first-order chi connectivity index (χ1) is 35.1. The minimum Gasteiger partial charge on any atom is -0.321 e. The van der Waals surface area contributed by atoms with Gasteiger partial charge in [0.2, 0.25) is 0 Å². The summed E-state index contributed by atoms with van der Waals surface area (Å²) in [7, 11) is 0. The van der Waals surface area contributed by atoms with Crippen molar-refractivity contribution in [1.29, 1.82) is 0 Å². The highest BCUT2D eigenvalue weighted by molar-refractivity contribution is 6.10. The summed E-state index contributed by atoms with van der Waals surface area (Å²) in [6.07, 6.45) is 1.97. The van der Waals surface area contributed by atoms with Gasteiger partial charge in [0, 0.05) is 39.2 Å². The van der Waals surface area contributed by atoms with E-state index in [0.29, 0.717) is 6.67 Å². The van der Waals surface area contributed by atoms with Crippen molar-refractivity contribution in [2.24, 2.45) is 0 Å². The van der Waals surface area contributed by atoms with Crippen molar-refractivity contribution in [2.45, 2.75) is 50.9 Å². The van der Waals surface area contributed by atoms with Crippen LogP contribution in [-0.2, 0) is 16.2 Å². The van der Waals surface area contributed by atoms with E-state index in [0.717, 1.165) is 22.5 Å². The highest BCUT2D eigenvalue weighted by Gasteiger charge is 2.47. The molecule has 0 spiro atoms. The summed E-state index contributed by atoms with van der Waals surface area (Å²) in [4.78, 5) is 10.2. The van der Waals surface area contributed by atoms with Crippen molar-refractivity contribution in [2.75, 3.05) is 16.5 Å². The number of benzene rings is 9. The molecular weight excluding hydrogens is 873 g/mol. The molecule has 4 nitrogen and oxygen atoms in total. The second-order valence-corrected chi connectivity index (χ2v) is 21.5. The van der Waals surface area contributed by atoms with E-state index in [-0.39, 0.29) is 10.8 Å². The first-order valence-corrected chi connectivity index (χ1v) is 25.4. The lowest BCUT2D eigenvalue weighted by atomic mass is 9.67. The number of para-hydroxylation sites is 3. The Balaban J connectivity index is 0.987. The van der Waals surface area contributed by atoms with Crippen LogP contribution in [0, 0.1) is 0 Å². The van der Waals surface area contributed by atoms with Crippen LogP contribution >= 0.6 is 0 Å². The second kappa shape index (κ2) is 15.5. The summed E-state index contributed by atoms with van der Waals surface area (Å²) in [5.74, 6) is 0.929. The number of aromatic nitrogens is 2. The van der Waals surface area contributed by atoms with Crippen molar-refractivity contribution < 1.29 is 0 Å². The van der Waals surface area contributed by atoms with Crippen molar-refractivity contribution in [3.8, 4) is 39.2 Å². The molecule has 2 aliphatic carbocycles. The van der Waals surface area contributed by atoms with Crippen LogP contribution in [0.1, 0.15) is 73.6 Å². The fraction of sp³-hybridized carbons (Fsp3) is 0.132. The van der Waals surface area contributed by atoms with Gasteiger partial charge >= 0.3 is 0 Å². The Labute approximate surface area is 422 Å². The molecule has 0 fully saturated rings. The van der Waals surface area contributed by atoms with Crippen LogP contribution in [0.15, 0.2) is 225 Å². The highest BCUT2D eigenvalue weighted by atomic mass is 15.4. The molecule has 9 aromatic carbocycles. The van der Waals surface area contributed by atoms with E-state index < -0.39 is 5.41 Å². The van der Waals surface area contributed by atoms with Gasteiger partial charge in [-0.05, 0) is 115 Å². The molecule has 3 aliphatic rings. The Morgan fingerprint density at radius 2 is 1.08 bits per heavy atom. The molecule has 0 saturated carbocycles. The molecule has 1 aliphatic heterocycles. The Kier molecular flexibility index (Phi) is 9.14. The highest BCUT2D eigenvalue weighted by Crippen LogP contribution is 2.60. The van der Waals surface area contributed by atoms with Gasteiger partial charge in [-0.1, -0.05) is 204 Å². The first-order valence-electron chi connectivity index (χ1n) is 25.4. The quantitative estimate of drug-likeness (QED) is 0.166. The summed E-state index contributed by atoms with van der Waals surface area (Å²) >= 11 is 0. The maximum atomic E-state index is 5.09. The topological polar surface area (TPSA) is 24.3 Å². The van der Waals surface area contributed by atoms with Crippen LogP contribution < -0.4 is 9.80 Å². The Morgan fingerprint density at radius 1 is 0.458 bits per heavy atom. The van der Waals surface area contributed by atoms with Crippen molar-refractivity contribution in [1.82, 2.24) is 9.55 Å². The smallest absolute Gasteiger partial charge is 0.137 e. The Hall–Kier alpha value is -8.47. The average Bonchev–Trinajstić information content (AvgIpc) is 4.13. The molecule has 2 aromatic heterocycles. The number of fused-ring (bicyclic) bond motifs is 10. The maximum absolute atomic E-state index is 5.09. The predicted octanol–water partition coefficient (Wildman–Crippen LogP) is 17.1. The molecule has 3 heterocycles. The first kappa shape index (κ1) is 42.4. The predicted molar refractivity (Wildman–Crippen MR) is 300 cm³/mol. The number of anilines is 4. The number of rotatable bonds is 6. The molecule has 0 atom stereocenters. The van der Waals surface area contributed by atoms with Gasteiger partial charge in [0.05, 0.1) is 33.5 Å². The number of nitrogens with zero attached hydrogens (tertiary/aromatic N) is 4. The van der Waals surface area contributed by atoms with E-state index in [4.69, 9.17) is 4.98 Å². The van der Waals surface area contributed by atoms with Gasteiger partial charge in [0.15, 0.2) is 0 Å². The third kappa shape index (κ3) is 5.96. The standard InChI is InChI=1S/C68H54N4/c1-66(2,3)45-38-39-69-63(42-45)72-59-31-16-12-26-52(59)53-35-34-47(41-62(53)72)68(56-29-14-9-24-50(56)51-25-10-15-30-57(51)68)46-22-19-23-48(40-46)70-43-71(61-33-18-17-32-60(61)70)65-49(44-20-7-6-8-21-44)36-37-58-64(65)54-27-11-13-28-55(54)67(58,4)5/h6-42H,43H2,1-5H3. The van der Waals surface area contributed by atoms with E-state index >= 15 is 0 Å². The van der Waals surface area contributed by atoms with Gasteiger partial charge < -0.3 is 9.80 Å². The zero-order valence-electron chi connectivity index (χ0n) is 41.4. The average molecular weight is 927 g/mol. The lowest BCUT2D eigenvalue weighted by Gasteiger charge is -2.35. The van der Waals surface area contributed by atoms with E-state index in [2.05, 4.69) is 267 Å². The van der Waals surface area contributed by atoms with E-state index in [1.54, 1.807) is 0 Å². The van der Waals surface area contributed by atoms with Gasteiger partial charge in [-0.3, -0.25) is 4.57 Å². The maximum Gasteiger partial charge on any atom is 0.137 e. The molecule has 11 aromatic rings. The molecule has 0 N–H and O–H groups in total. The van der Waals surface area contributed by atoms with Crippen molar-refractivity contribution >= 4 is 44.6 Å².